The highest BCUT2D eigenvalue weighted by atomic mass is 19.2. The summed E-state index contributed by atoms with van der Waals surface area (Å²) in [6, 6.07) is 16.9. The number of hydrogen-bond acceptors (Lipinski definition) is 5. The first-order valence-corrected chi connectivity index (χ1v) is 12.7. The van der Waals surface area contributed by atoms with E-state index in [1.165, 1.54) is 11.0 Å². The Kier molecular flexibility index (Phi) is 8.60. The van der Waals surface area contributed by atoms with Crippen molar-refractivity contribution in [1.82, 2.24) is 9.80 Å². The number of phenolic OH excluding ortho intramolecular Hbond substituents is 1. The molecule has 4 rings (SSSR count). The van der Waals surface area contributed by atoms with Crippen molar-refractivity contribution < 1.29 is 32.6 Å². The number of ether oxygens (including phenoxy) is 1. The summed E-state index contributed by atoms with van der Waals surface area (Å²) in [6.45, 7) is 0.760. The quantitative estimate of drug-likeness (QED) is 0.338. The first-order chi connectivity index (χ1) is 18.6. The number of likely N-dealkylation sites (tertiary alicyclic amines) is 1. The van der Waals surface area contributed by atoms with Crippen LogP contribution in [0.3, 0.4) is 0 Å². The molecular formula is C30H31F3N2O4. The van der Waals surface area contributed by atoms with Gasteiger partial charge in [0.05, 0.1) is 12.8 Å². The maximum absolute atomic E-state index is 14.2. The van der Waals surface area contributed by atoms with Crippen LogP contribution in [-0.2, 0) is 32.8 Å². The van der Waals surface area contributed by atoms with Gasteiger partial charge in [0.25, 0.3) is 0 Å². The van der Waals surface area contributed by atoms with E-state index in [1.54, 1.807) is 18.2 Å². The maximum atomic E-state index is 14.2. The van der Waals surface area contributed by atoms with Crippen LogP contribution in [0.15, 0.2) is 66.7 Å². The smallest absolute Gasteiger partial charge is 0.311 e. The summed E-state index contributed by atoms with van der Waals surface area (Å²) in [5.74, 6) is -4.84. The first-order valence-electron chi connectivity index (χ1n) is 12.7. The maximum Gasteiger partial charge on any atom is 0.311 e. The van der Waals surface area contributed by atoms with Gasteiger partial charge in [-0.15, -0.1) is 0 Å². The molecule has 1 heterocycles. The van der Waals surface area contributed by atoms with Crippen LogP contribution >= 0.6 is 0 Å². The van der Waals surface area contributed by atoms with Crippen LogP contribution in [0.4, 0.5) is 13.2 Å². The van der Waals surface area contributed by atoms with Crippen molar-refractivity contribution in [3.63, 3.8) is 0 Å². The lowest BCUT2D eigenvalue weighted by Crippen LogP contribution is -2.56. The number of benzene rings is 3. The zero-order valence-corrected chi connectivity index (χ0v) is 21.9. The lowest BCUT2D eigenvalue weighted by molar-refractivity contribution is -0.178. The van der Waals surface area contributed by atoms with Crippen LogP contribution < -0.4 is 0 Å². The number of esters is 1. The van der Waals surface area contributed by atoms with Crippen molar-refractivity contribution in [1.29, 1.82) is 0 Å². The molecule has 3 aromatic carbocycles. The Morgan fingerprint density at radius 1 is 0.974 bits per heavy atom. The molecule has 0 aromatic heterocycles. The second-order valence-corrected chi connectivity index (χ2v) is 10.2. The van der Waals surface area contributed by atoms with Gasteiger partial charge in [0, 0.05) is 43.6 Å². The van der Waals surface area contributed by atoms with E-state index in [4.69, 9.17) is 4.74 Å². The van der Waals surface area contributed by atoms with Crippen molar-refractivity contribution in [3.8, 4) is 5.75 Å². The number of carbonyl (C=O) groups is 2. The average Bonchev–Trinajstić information content (AvgIpc) is 2.88. The van der Waals surface area contributed by atoms with E-state index in [2.05, 4.69) is 0 Å². The third kappa shape index (κ3) is 6.60. The summed E-state index contributed by atoms with van der Waals surface area (Å²) >= 11 is 0. The van der Waals surface area contributed by atoms with Crippen molar-refractivity contribution in [3.05, 3.63) is 101 Å². The lowest BCUT2D eigenvalue weighted by Gasteiger charge is -2.48. The molecule has 3 aromatic rings. The molecule has 2 atom stereocenters. The molecule has 39 heavy (non-hydrogen) atoms. The van der Waals surface area contributed by atoms with Crippen LogP contribution in [0.5, 0.6) is 5.75 Å². The predicted octanol–water partition coefficient (Wildman–Crippen LogP) is 4.44. The number of rotatable bonds is 8. The number of nitrogens with zero attached hydrogens (tertiary/aromatic N) is 2. The van der Waals surface area contributed by atoms with Gasteiger partial charge in [0.1, 0.15) is 17.2 Å². The Bertz CT molecular complexity index is 1340. The van der Waals surface area contributed by atoms with Crippen LogP contribution in [0.1, 0.15) is 23.1 Å². The van der Waals surface area contributed by atoms with Crippen LogP contribution in [0.25, 0.3) is 0 Å². The third-order valence-electron chi connectivity index (χ3n) is 7.04. The van der Waals surface area contributed by atoms with E-state index in [0.29, 0.717) is 24.2 Å². The van der Waals surface area contributed by atoms with Crippen molar-refractivity contribution >= 4 is 11.9 Å². The molecule has 1 fully saturated rings. The number of phenols is 1. The van der Waals surface area contributed by atoms with Gasteiger partial charge in [-0.2, -0.15) is 0 Å². The molecule has 1 aliphatic heterocycles. The summed E-state index contributed by atoms with van der Waals surface area (Å²) in [7, 11) is 3.72. The van der Waals surface area contributed by atoms with Gasteiger partial charge < -0.3 is 19.6 Å². The van der Waals surface area contributed by atoms with Gasteiger partial charge in [0.15, 0.2) is 11.6 Å². The Morgan fingerprint density at radius 3 is 2.38 bits per heavy atom. The van der Waals surface area contributed by atoms with E-state index >= 15 is 0 Å². The minimum atomic E-state index is -1.32. The number of aromatic hydroxyl groups is 1. The van der Waals surface area contributed by atoms with E-state index in [0.717, 1.165) is 5.56 Å². The number of halogens is 3. The third-order valence-corrected chi connectivity index (χ3v) is 7.04. The van der Waals surface area contributed by atoms with Gasteiger partial charge in [-0.05, 0) is 43.4 Å². The molecule has 1 aliphatic rings. The zero-order valence-electron chi connectivity index (χ0n) is 21.9. The highest BCUT2D eigenvalue weighted by Crippen LogP contribution is 2.43. The predicted molar refractivity (Wildman–Crippen MR) is 139 cm³/mol. The summed E-state index contributed by atoms with van der Waals surface area (Å²) in [6.07, 6.45) is -0.166. The topological polar surface area (TPSA) is 70.1 Å². The molecule has 2 unspecified atom stereocenters. The summed E-state index contributed by atoms with van der Waals surface area (Å²) < 4.78 is 47.6. The van der Waals surface area contributed by atoms with Gasteiger partial charge >= 0.3 is 5.97 Å². The normalized spacial score (nSPS) is 19.2. The molecule has 1 amide bonds. The fraction of sp³-hybridized carbons (Fsp3) is 0.333. The molecule has 0 saturated carbocycles. The molecule has 206 valence electrons. The molecule has 9 heteroatoms. The number of piperidine rings is 1. The van der Waals surface area contributed by atoms with E-state index in [1.807, 2.05) is 49.3 Å². The molecule has 6 nitrogen and oxygen atoms in total. The van der Waals surface area contributed by atoms with Gasteiger partial charge in [-0.25, -0.2) is 13.2 Å². The Morgan fingerprint density at radius 2 is 1.69 bits per heavy atom. The first kappa shape index (κ1) is 28.2. The molecule has 1 N–H and O–H groups in total. The van der Waals surface area contributed by atoms with Crippen LogP contribution in [-0.4, -0.2) is 60.5 Å². The van der Waals surface area contributed by atoms with E-state index in [-0.39, 0.29) is 37.2 Å². The van der Waals surface area contributed by atoms with Crippen LogP contribution in [0.2, 0.25) is 0 Å². The van der Waals surface area contributed by atoms with E-state index in [9.17, 15) is 27.9 Å². The summed E-state index contributed by atoms with van der Waals surface area (Å²) in [5, 5.41) is 10.3. The molecule has 0 bridgehead atoms. The summed E-state index contributed by atoms with van der Waals surface area (Å²) in [5.41, 5.74) is 0.00868. The highest BCUT2D eigenvalue weighted by molar-refractivity contribution is 5.79. The molecular weight excluding hydrogens is 509 g/mol. The average molecular weight is 541 g/mol. The minimum Gasteiger partial charge on any atom is -0.508 e. The number of amides is 1. The SMILES string of the molecule is CN(C)CC1CN(C(=O)Cc2cc(F)c(F)cc2F)CCC1(OC(=O)Cc1ccccc1)c1cccc(O)c1. The second kappa shape index (κ2) is 11.9. The van der Waals surface area contributed by atoms with E-state index < -0.39 is 47.3 Å². The minimum absolute atomic E-state index is 0.0157. The molecule has 0 radical (unpaired) electrons. The fourth-order valence-electron chi connectivity index (χ4n) is 5.20. The Balaban J connectivity index is 1.63. The highest BCUT2D eigenvalue weighted by Gasteiger charge is 2.49. The van der Waals surface area contributed by atoms with Crippen LogP contribution in [0, 0.1) is 23.4 Å². The van der Waals surface area contributed by atoms with Crippen molar-refractivity contribution in [2.75, 3.05) is 33.7 Å². The van der Waals surface area contributed by atoms with Gasteiger partial charge in [-0.1, -0.05) is 42.5 Å². The Hall–Kier alpha value is -3.85. The Labute approximate surface area is 225 Å². The van der Waals surface area contributed by atoms with Gasteiger partial charge in [0.2, 0.25) is 5.91 Å². The molecule has 1 saturated heterocycles. The van der Waals surface area contributed by atoms with Crippen molar-refractivity contribution in [2.24, 2.45) is 5.92 Å². The van der Waals surface area contributed by atoms with Gasteiger partial charge in [-0.3, -0.25) is 9.59 Å². The number of hydrogen-bond donors (Lipinski definition) is 1. The molecule has 0 aliphatic carbocycles. The number of carbonyl (C=O) groups excluding carboxylic acids is 2. The second-order valence-electron chi connectivity index (χ2n) is 10.2. The standard InChI is InChI=1S/C30H31F3N2O4/c1-34(2)18-23-19-35(28(37)15-21-14-26(32)27(33)17-25(21)31)12-11-30(23,22-9-6-10-24(36)16-22)39-29(38)13-20-7-4-3-5-8-20/h3-10,14,16-17,23,36H,11-13,15,18-19H2,1-2H3. The molecule has 0 spiro atoms. The monoisotopic (exact) mass is 540 g/mol. The van der Waals surface area contributed by atoms with Crippen molar-refractivity contribution in [2.45, 2.75) is 24.9 Å². The zero-order chi connectivity index (χ0) is 28.2. The largest absolute Gasteiger partial charge is 0.508 e. The lowest BCUT2D eigenvalue weighted by atomic mass is 9.75. The fourth-order valence-corrected chi connectivity index (χ4v) is 5.20. The summed E-state index contributed by atoms with van der Waals surface area (Å²) in [4.78, 5) is 29.9.